The van der Waals surface area contributed by atoms with Gasteiger partial charge in [-0.1, -0.05) is 6.07 Å². The second-order valence-corrected chi connectivity index (χ2v) is 3.35. The van der Waals surface area contributed by atoms with Gasteiger partial charge in [-0.05, 0) is 37.6 Å². The molecule has 0 fully saturated rings. The monoisotopic (exact) mass is 187 g/mol. The van der Waals surface area contributed by atoms with E-state index in [1.807, 2.05) is 19.2 Å². The Labute approximate surface area is 83.0 Å². The molecule has 2 N–H and O–H groups in total. The highest BCUT2D eigenvalue weighted by atomic mass is 14.9. The molecule has 1 aromatic heterocycles. The lowest BCUT2D eigenvalue weighted by Gasteiger charge is -2.01. The molecule has 0 bridgehead atoms. The summed E-state index contributed by atoms with van der Waals surface area (Å²) < 4.78 is 0. The summed E-state index contributed by atoms with van der Waals surface area (Å²) in [7, 11) is 0. The minimum Gasteiger partial charge on any atom is -0.330 e. The third-order valence-electron chi connectivity index (χ3n) is 2.20. The Hall–Kier alpha value is -1.48. The summed E-state index contributed by atoms with van der Waals surface area (Å²) in [6.45, 7) is 2.57. The fourth-order valence-electron chi connectivity index (χ4n) is 1.50. The summed E-state index contributed by atoms with van der Waals surface area (Å²) in [4.78, 5) is 8.50. The minimum absolute atomic E-state index is 0.679. The second-order valence-electron chi connectivity index (χ2n) is 3.35. The van der Waals surface area contributed by atoms with E-state index in [-0.39, 0.29) is 0 Å². The van der Waals surface area contributed by atoms with E-state index < -0.39 is 0 Å². The van der Waals surface area contributed by atoms with Crippen molar-refractivity contribution in [3.05, 3.63) is 35.8 Å². The number of fused-ring (bicyclic) bond motifs is 1. The van der Waals surface area contributed by atoms with Crippen molar-refractivity contribution >= 4 is 10.9 Å². The van der Waals surface area contributed by atoms with Gasteiger partial charge in [-0.2, -0.15) is 0 Å². The molecule has 1 aromatic carbocycles. The molecule has 3 heteroatoms. The molecule has 0 radical (unpaired) electrons. The summed E-state index contributed by atoms with van der Waals surface area (Å²) in [5, 5.41) is 1.08. The van der Waals surface area contributed by atoms with Crippen LogP contribution in [0.2, 0.25) is 0 Å². The number of hydrogen-bond acceptors (Lipinski definition) is 3. The van der Waals surface area contributed by atoms with Crippen molar-refractivity contribution in [1.82, 2.24) is 9.97 Å². The Bertz CT molecular complexity index is 451. The Balaban J connectivity index is 2.50. The summed E-state index contributed by atoms with van der Waals surface area (Å²) in [5.41, 5.74) is 7.74. The van der Waals surface area contributed by atoms with Gasteiger partial charge in [-0.25, -0.2) is 9.97 Å². The van der Waals surface area contributed by atoms with Crippen molar-refractivity contribution in [3.8, 4) is 0 Å². The molecule has 0 saturated heterocycles. The van der Waals surface area contributed by atoms with E-state index in [9.17, 15) is 0 Å². The van der Waals surface area contributed by atoms with E-state index in [1.54, 1.807) is 0 Å². The number of nitrogens with zero attached hydrogens (tertiary/aromatic N) is 2. The van der Waals surface area contributed by atoms with Crippen LogP contribution in [0.1, 0.15) is 11.4 Å². The molecule has 0 atom stereocenters. The van der Waals surface area contributed by atoms with E-state index in [4.69, 9.17) is 5.73 Å². The van der Waals surface area contributed by atoms with Crippen molar-refractivity contribution in [2.75, 3.05) is 6.54 Å². The van der Waals surface area contributed by atoms with Crippen LogP contribution in [0.15, 0.2) is 24.4 Å². The summed E-state index contributed by atoms with van der Waals surface area (Å²) in [5.74, 6) is 0.809. The molecule has 3 nitrogen and oxygen atoms in total. The second kappa shape index (κ2) is 3.72. The first-order chi connectivity index (χ1) is 6.79. The van der Waals surface area contributed by atoms with Crippen LogP contribution in [-0.4, -0.2) is 16.5 Å². The van der Waals surface area contributed by atoms with Gasteiger partial charge >= 0.3 is 0 Å². The van der Waals surface area contributed by atoms with Crippen LogP contribution in [0, 0.1) is 6.92 Å². The molecule has 1 heterocycles. The SMILES string of the molecule is Cc1ncc2cc(CCN)ccc2n1. The Kier molecular flexibility index (Phi) is 2.41. The molecule has 2 aromatic rings. The maximum atomic E-state index is 5.50. The van der Waals surface area contributed by atoms with Crippen LogP contribution in [0.4, 0.5) is 0 Å². The van der Waals surface area contributed by atoms with E-state index in [0.29, 0.717) is 6.54 Å². The molecule has 0 aliphatic carbocycles. The van der Waals surface area contributed by atoms with Crippen LogP contribution >= 0.6 is 0 Å². The molecule has 0 spiro atoms. The van der Waals surface area contributed by atoms with Crippen molar-refractivity contribution in [2.45, 2.75) is 13.3 Å². The number of nitrogens with two attached hydrogens (primary N) is 1. The molecule has 14 heavy (non-hydrogen) atoms. The highest BCUT2D eigenvalue weighted by Crippen LogP contribution is 2.13. The molecule has 2 rings (SSSR count). The van der Waals surface area contributed by atoms with Gasteiger partial charge in [0.2, 0.25) is 0 Å². The maximum absolute atomic E-state index is 5.50. The third-order valence-corrected chi connectivity index (χ3v) is 2.20. The minimum atomic E-state index is 0.679. The first-order valence-electron chi connectivity index (χ1n) is 4.72. The quantitative estimate of drug-likeness (QED) is 0.774. The lowest BCUT2D eigenvalue weighted by atomic mass is 10.1. The van der Waals surface area contributed by atoms with E-state index in [0.717, 1.165) is 23.1 Å². The molecule has 0 amide bonds. The molecule has 0 saturated carbocycles. The van der Waals surface area contributed by atoms with Crippen molar-refractivity contribution in [1.29, 1.82) is 0 Å². The zero-order chi connectivity index (χ0) is 9.97. The van der Waals surface area contributed by atoms with Crippen LogP contribution in [0.25, 0.3) is 10.9 Å². The number of rotatable bonds is 2. The molecule has 0 aliphatic rings. The van der Waals surface area contributed by atoms with E-state index in [1.165, 1.54) is 5.56 Å². The fourth-order valence-corrected chi connectivity index (χ4v) is 1.50. The largest absolute Gasteiger partial charge is 0.330 e. The van der Waals surface area contributed by atoms with Gasteiger partial charge in [0.25, 0.3) is 0 Å². The van der Waals surface area contributed by atoms with E-state index >= 15 is 0 Å². The molecule has 0 aliphatic heterocycles. The molecular weight excluding hydrogens is 174 g/mol. The van der Waals surface area contributed by atoms with E-state index in [2.05, 4.69) is 22.1 Å². The lowest BCUT2D eigenvalue weighted by molar-refractivity contribution is 0.969. The lowest BCUT2D eigenvalue weighted by Crippen LogP contribution is -2.02. The third kappa shape index (κ3) is 1.72. The standard InChI is InChI=1S/C11H13N3/c1-8-13-7-10-6-9(4-5-12)2-3-11(10)14-8/h2-3,6-7H,4-5,12H2,1H3. The smallest absolute Gasteiger partial charge is 0.125 e. The first-order valence-corrected chi connectivity index (χ1v) is 4.72. The zero-order valence-corrected chi connectivity index (χ0v) is 8.20. The van der Waals surface area contributed by atoms with Crippen molar-refractivity contribution < 1.29 is 0 Å². The van der Waals surface area contributed by atoms with Crippen LogP contribution in [-0.2, 0) is 6.42 Å². The van der Waals surface area contributed by atoms with Gasteiger partial charge in [0, 0.05) is 11.6 Å². The normalized spacial score (nSPS) is 10.7. The fraction of sp³-hybridized carbons (Fsp3) is 0.273. The highest BCUT2D eigenvalue weighted by Gasteiger charge is 1.97. The molecule has 72 valence electrons. The topological polar surface area (TPSA) is 51.8 Å². The Morgan fingerprint density at radius 3 is 3.00 bits per heavy atom. The van der Waals surface area contributed by atoms with Gasteiger partial charge in [-0.3, -0.25) is 0 Å². The van der Waals surface area contributed by atoms with Crippen molar-refractivity contribution in [3.63, 3.8) is 0 Å². The van der Waals surface area contributed by atoms with Crippen LogP contribution in [0.3, 0.4) is 0 Å². The number of aromatic nitrogens is 2. The van der Waals surface area contributed by atoms with Crippen molar-refractivity contribution in [2.24, 2.45) is 5.73 Å². The first kappa shape index (κ1) is 9.09. The number of benzene rings is 1. The summed E-state index contributed by atoms with van der Waals surface area (Å²) >= 11 is 0. The van der Waals surface area contributed by atoms with Crippen LogP contribution in [0.5, 0.6) is 0 Å². The maximum Gasteiger partial charge on any atom is 0.125 e. The van der Waals surface area contributed by atoms with Gasteiger partial charge in [-0.15, -0.1) is 0 Å². The average molecular weight is 187 g/mol. The highest BCUT2D eigenvalue weighted by molar-refractivity contribution is 5.78. The summed E-state index contributed by atoms with van der Waals surface area (Å²) in [6.07, 6.45) is 2.77. The van der Waals surface area contributed by atoms with Crippen LogP contribution < -0.4 is 5.73 Å². The van der Waals surface area contributed by atoms with Gasteiger partial charge < -0.3 is 5.73 Å². The predicted octanol–water partition coefficient (Wildman–Crippen LogP) is 1.44. The summed E-state index contributed by atoms with van der Waals surface area (Å²) in [6, 6.07) is 6.19. The van der Waals surface area contributed by atoms with Gasteiger partial charge in [0.05, 0.1) is 5.52 Å². The number of aryl methyl sites for hydroxylation is 1. The molecular formula is C11H13N3. The Morgan fingerprint density at radius 1 is 1.36 bits per heavy atom. The van der Waals surface area contributed by atoms with Gasteiger partial charge in [0.15, 0.2) is 0 Å². The number of hydrogen-bond donors (Lipinski definition) is 1. The molecule has 0 unspecified atom stereocenters. The Morgan fingerprint density at radius 2 is 2.21 bits per heavy atom. The zero-order valence-electron chi connectivity index (χ0n) is 8.20. The predicted molar refractivity (Wildman–Crippen MR) is 57.0 cm³/mol. The average Bonchev–Trinajstić information content (AvgIpc) is 2.19. The van der Waals surface area contributed by atoms with Gasteiger partial charge in [0.1, 0.15) is 5.82 Å².